The maximum absolute atomic E-state index is 5.46. The molecule has 1 aromatic heterocycles. The molecule has 0 aliphatic carbocycles. The van der Waals surface area contributed by atoms with Crippen molar-refractivity contribution in [3.05, 3.63) is 46.3 Å². The van der Waals surface area contributed by atoms with Gasteiger partial charge >= 0.3 is 0 Å². The van der Waals surface area contributed by atoms with Crippen LogP contribution in [-0.4, -0.2) is 15.0 Å². The first kappa shape index (κ1) is 12.9. The van der Waals surface area contributed by atoms with Crippen LogP contribution in [0.3, 0.4) is 0 Å². The van der Waals surface area contributed by atoms with Gasteiger partial charge in [0, 0.05) is 10.2 Å². The van der Waals surface area contributed by atoms with E-state index in [-0.39, 0.29) is 4.99 Å². The van der Waals surface area contributed by atoms with E-state index in [1.165, 1.54) is 0 Å². The molecule has 18 heavy (non-hydrogen) atoms. The summed E-state index contributed by atoms with van der Waals surface area (Å²) < 4.78 is 1.00. The molecule has 1 heterocycles. The maximum Gasteiger partial charge on any atom is 0.148 e. The van der Waals surface area contributed by atoms with Crippen molar-refractivity contribution in [3.63, 3.8) is 0 Å². The van der Waals surface area contributed by atoms with E-state index in [4.69, 9.17) is 18.0 Å². The standard InChI is InChI=1S/C12H11BrN4S/c1-7-2-3-8(13)4-9(7)17-11-6-15-10(5-16-11)12(14)18/h2-6H,1H3,(H2,14,18)(H,16,17). The summed E-state index contributed by atoms with van der Waals surface area (Å²) in [6, 6.07) is 5.99. The molecule has 0 amide bonds. The third-order valence-electron chi connectivity index (χ3n) is 2.37. The first-order chi connectivity index (χ1) is 8.56. The summed E-state index contributed by atoms with van der Waals surface area (Å²) in [6.07, 6.45) is 3.16. The molecule has 4 nitrogen and oxygen atoms in total. The predicted octanol–water partition coefficient (Wildman–Crippen LogP) is 2.93. The molecule has 92 valence electrons. The zero-order valence-corrected chi connectivity index (χ0v) is 12.0. The molecule has 0 atom stereocenters. The number of rotatable bonds is 3. The SMILES string of the molecule is Cc1ccc(Br)cc1Nc1cnc(C(N)=S)cn1. The topological polar surface area (TPSA) is 63.8 Å². The molecule has 1 aromatic carbocycles. The predicted molar refractivity (Wildman–Crippen MR) is 80.1 cm³/mol. The van der Waals surface area contributed by atoms with Crippen LogP contribution < -0.4 is 11.1 Å². The van der Waals surface area contributed by atoms with Crippen molar-refractivity contribution in [1.29, 1.82) is 0 Å². The summed E-state index contributed by atoms with van der Waals surface area (Å²) in [5.74, 6) is 0.649. The quantitative estimate of drug-likeness (QED) is 0.851. The van der Waals surface area contributed by atoms with Crippen LogP contribution in [0.4, 0.5) is 11.5 Å². The highest BCUT2D eigenvalue weighted by atomic mass is 79.9. The van der Waals surface area contributed by atoms with Crippen molar-refractivity contribution in [2.24, 2.45) is 5.73 Å². The molecule has 3 N–H and O–H groups in total. The Balaban J connectivity index is 2.23. The number of thiocarbonyl (C=S) groups is 1. The highest BCUT2D eigenvalue weighted by molar-refractivity contribution is 9.10. The molecule has 6 heteroatoms. The second-order valence-corrected chi connectivity index (χ2v) is 5.09. The summed E-state index contributed by atoms with van der Waals surface area (Å²) >= 11 is 8.25. The first-order valence-corrected chi connectivity index (χ1v) is 6.41. The van der Waals surface area contributed by atoms with Crippen molar-refractivity contribution in [2.75, 3.05) is 5.32 Å². The van der Waals surface area contributed by atoms with Crippen LogP contribution in [0.25, 0.3) is 0 Å². The monoisotopic (exact) mass is 322 g/mol. The van der Waals surface area contributed by atoms with Crippen molar-refractivity contribution in [1.82, 2.24) is 9.97 Å². The third-order valence-corrected chi connectivity index (χ3v) is 3.07. The summed E-state index contributed by atoms with van der Waals surface area (Å²) in [7, 11) is 0. The minimum absolute atomic E-state index is 0.243. The van der Waals surface area contributed by atoms with Crippen molar-refractivity contribution < 1.29 is 0 Å². The Labute approximate surface area is 119 Å². The zero-order valence-electron chi connectivity index (χ0n) is 9.64. The molecule has 0 saturated heterocycles. The molecule has 0 radical (unpaired) electrons. The number of aromatic nitrogens is 2. The summed E-state index contributed by atoms with van der Waals surface area (Å²) in [5.41, 5.74) is 8.08. The van der Waals surface area contributed by atoms with E-state index >= 15 is 0 Å². The van der Waals surface area contributed by atoms with Gasteiger partial charge < -0.3 is 11.1 Å². The lowest BCUT2D eigenvalue weighted by Crippen LogP contribution is -2.12. The smallest absolute Gasteiger partial charge is 0.148 e. The van der Waals surface area contributed by atoms with Gasteiger partial charge in [0.1, 0.15) is 16.5 Å². The largest absolute Gasteiger partial charge is 0.388 e. The summed E-state index contributed by atoms with van der Waals surface area (Å²) in [5, 5.41) is 3.19. The van der Waals surface area contributed by atoms with Gasteiger partial charge in [0.05, 0.1) is 12.4 Å². The number of halogens is 1. The van der Waals surface area contributed by atoms with Gasteiger partial charge in [0.15, 0.2) is 0 Å². The van der Waals surface area contributed by atoms with Gasteiger partial charge in [-0.05, 0) is 24.6 Å². The molecule has 0 saturated carbocycles. The Hall–Kier alpha value is -1.53. The van der Waals surface area contributed by atoms with Crippen molar-refractivity contribution in [2.45, 2.75) is 6.92 Å². The second kappa shape index (κ2) is 5.41. The maximum atomic E-state index is 5.46. The van der Waals surface area contributed by atoms with Gasteiger partial charge in [-0.1, -0.05) is 34.2 Å². The number of hydrogen-bond acceptors (Lipinski definition) is 4. The lowest BCUT2D eigenvalue weighted by molar-refractivity contribution is 1.17. The lowest BCUT2D eigenvalue weighted by atomic mass is 10.2. The number of nitrogens with zero attached hydrogens (tertiary/aromatic N) is 2. The third kappa shape index (κ3) is 3.02. The molecule has 0 aliphatic rings. The fourth-order valence-electron chi connectivity index (χ4n) is 1.39. The molecule has 0 aliphatic heterocycles. The van der Waals surface area contributed by atoms with Gasteiger partial charge in [0.2, 0.25) is 0 Å². The van der Waals surface area contributed by atoms with Crippen molar-refractivity contribution in [3.8, 4) is 0 Å². The molecule has 0 fully saturated rings. The molecule has 2 rings (SSSR count). The number of anilines is 2. The molecule has 0 unspecified atom stereocenters. The van der Waals surface area contributed by atoms with E-state index in [0.29, 0.717) is 11.5 Å². The van der Waals surface area contributed by atoms with Crippen LogP contribution in [0.15, 0.2) is 35.1 Å². The van der Waals surface area contributed by atoms with Crippen LogP contribution in [0.5, 0.6) is 0 Å². The highest BCUT2D eigenvalue weighted by Crippen LogP contribution is 2.23. The normalized spacial score (nSPS) is 10.1. The van der Waals surface area contributed by atoms with Crippen LogP contribution in [0.2, 0.25) is 0 Å². The number of benzene rings is 1. The van der Waals surface area contributed by atoms with Gasteiger partial charge in [-0.2, -0.15) is 0 Å². The minimum atomic E-state index is 0.243. The fraction of sp³-hybridized carbons (Fsp3) is 0.0833. The lowest BCUT2D eigenvalue weighted by Gasteiger charge is -2.09. The Bertz CT molecular complexity index is 583. The van der Waals surface area contributed by atoms with E-state index in [1.54, 1.807) is 12.4 Å². The van der Waals surface area contributed by atoms with E-state index in [1.807, 2.05) is 25.1 Å². The molecule has 0 bridgehead atoms. The van der Waals surface area contributed by atoms with E-state index in [2.05, 4.69) is 31.2 Å². The number of hydrogen-bond donors (Lipinski definition) is 2. The first-order valence-electron chi connectivity index (χ1n) is 5.21. The molecule has 0 spiro atoms. The van der Waals surface area contributed by atoms with E-state index in [9.17, 15) is 0 Å². The average Bonchev–Trinajstić information content (AvgIpc) is 2.34. The van der Waals surface area contributed by atoms with E-state index in [0.717, 1.165) is 15.7 Å². The second-order valence-electron chi connectivity index (χ2n) is 3.74. The van der Waals surface area contributed by atoms with Gasteiger partial charge in [-0.25, -0.2) is 9.97 Å². The Kier molecular flexibility index (Phi) is 3.88. The zero-order chi connectivity index (χ0) is 13.1. The highest BCUT2D eigenvalue weighted by Gasteiger charge is 2.03. The molecular weight excluding hydrogens is 312 g/mol. The van der Waals surface area contributed by atoms with E-state index < -0.39 is 0 Å². The van der Waals surface area contributed by atoms with Crippen LogP contribution in [0, 0.1) is 6.92 Å². The summed E-state index contributed by atoms with van der Waals surface area (Å²) in [4.78, 5) is 8.58. The number of nitrogens with one attached hydrogen (secondary N) is 1. The number of nitrogens with two attached hydrogens (primary N) is 1. The van der Waals surface area contributed by atoms with Crippen LogP contribution >= 0.6 is 28.1 Å². The van der Waals surface area contributed by atoms with Crippen LogP contribution in [-0.2, 0) is 0 Å². The molecule has 2 aromatic rings. The van der Waals surface area contributed by atoms with Gasteiger partial charge in [-0.3, -0.25) is 0 Å². The Morgan fingerprint density at radius 1 is 1.33 bits per heavy atom. The van der Waals surface area contributed by atoms with Gasteiger partial charge in [-0.15, -0.1) is 0 Å². The minimum Gasteiger partial charge on any atom is -0.388 e. The average molecular weight is 323 g/mol. The molecular formula is C12H11BrN4S. The summed E-state index contributed by atoms with van der Waals surface area (Å²) in [6.45, 7) is 2.02. The Morgan fingerprint density at radius 3 is 2.72 bits per heavy atom. The Morgan fingerprint density at radius 2 is 2.11 bits per heavy atom. The van der Waals surface area contributed by atoms with Gasteiger partial charge in [0.25, 0.3) is 0 Å². The number of aryl methyl sites for hydroxylation is 1. The van der Waals surface area contributed by atoms with Crippen LogP contribution in [0.1, 0.15) is 11.3 Å². The fourth-order valence-corrected chi connectivity index (χ4v) is 1.85. The van der Waals surface area contributed by atoms with Crippen molar-refractivity contribution >= 4 is 44.6 Å².